The molecule has 1 fully saturated rings. The van der Waals surface area contributed by atoms with E-state index in [0.717, 1.165) is 18.7 Å². The highest BCUT2D eigenvalue weighted by molar-refractivity contribution is 7.99. The number of thioether (sulfide) groups is 1. The van der Waals surface area contributed by atoms with Crippen molar-refractivity contribution in [1.82, 2.24) is 9.97 Å². The van der Waals surface area contributed by atoms with Crippen molar-refractivity contribution < 1.29 is 15.0 Å². The van der Waals surface area contributed by atoms with Crippen LogP contribution in [0.3, 0.4) is 0 Å². The molecule has 0 spiro atoms. The number of rotatable bonds is 5. The number of carboxylic acid groups (broad SMARTS) is 1. The number of hydrogen-bond donors (Lipinski definition) is 2. The molecule has 17 heavy (non-hydrogen) atoms. The van der Waals surface area contributed by atoms with Crippen LogP contribution in [0.15, 0.2) is 5.03 Å². The van der Waals surface area contributed by atoms with E-state index < -0.39 is 5.97 Å². The summed E-state index contributed by atoms with van der Waals surface area (Å²) in [4.78, 5) is 19.7. The van der Waals surface area contributed by atoms with Gasteiger partial charge >= 0.3 is 5.97 Å². The van der Waals surface area contributed by atoms with Gasteiger partial charge in [0.2, 0.25) is 0 Å². The standard InChI is InChI=1S/C11H14N2O3S/c1-6-8(11(15)16)10(17-5-4-14)13-9(12-6)7-2-3-7/h7,14H,2-5H2,1H3,(H,15,16). The molecule has 1 aliphatic carbocycles. The van der Waals surface area contributed by atoms with Crippen LogP contribution in [0.2, 0.25) is 0 Å². The summed E-state index contributed by atoms with van der Waals surface area (Å²) in [6.07, 6.45) is 2.16. The molecule has 0 saturated heterocycles. The van der Waals surface area contributed by atoms with Crippen LogP contribution >= 0.6 is 11.8 Å². The van der Waals surface area contributed by atoms with E-state index >= 15 is 0 Å². The van der Waals surface area contributed by atoms with Gasteiger partial charge in [-0.3, -0.25) is 0 Å². The maximum Gasteiger partial charge on any atom is 0.340 e. The third-order valence-corrected chi connectivity index (χ3v) is 3.52. The summed E-state index contributed by atoms with van der Waals surface area (Å²) in [5.41, 5.74) is 0.669. The smallest absolute Gasteiger partial charge is 0.340 e. The number of aliphatic hydroxyl groups excluding tert-OH is 1. The molecule has 1 saturated carbocycles. The first-order chi connectivity index (χ1) is 8.13. The fourth-order valence-electron chi connectivity index (χ4n) is 1.58. The van der Waals surface area contributed by atoms with Crippen molar-refractivity contribution in [3.63, 3.8) is 0 Å². The van der Waals surface area contributed by atoms with Crippen LogP contribution in [0.4, 0.5) is 0 Å². The van der Waals surface area contributed by atoms with Crippen LogP contribution in [0.25, 0.3) is 0 Å². The van der Waals surface area contributed by atoms with Crippen LogP contribution in [-0.2, 0) is 0 Å². The monoisotopic (exact) mass is 254 g/mol. The Morgan fingerprint density at radius 3 is 2.71 bits per heavy atom. The molecule has 0 radical (unpaired) electrons. The van der Waals surface area contributed by atoms with Gasteiger partial charge in [0.1, 0.15) is 16.4 Å². The Hall–Kier alpha value is -1.14. The Morgan fingerprint density at radius 1 is 1.47 bits per heavy atom. The van der Waals surface area contributed by atoms with Gasteiger partial charge in [-0.25, -0.2) is 14.8 Å². The third-order valence-electron chi connectivity index (χ3n) is 2.56. The molecule has 0 bridgehead atoms. The van der Waals surface area contributed by atoms with E-state index in [2.05, 4.69) is 9.97 Å². The van der Waals surface area contributed by atoms with Crippen molar-refractivity contribution in [1.29, 1.82) is 0 Å². The molecule has 1 aliphatic rings. The highest BCUT2D eigenvalue weighted by Gasteiger charge is 2.29. The molecular weight excluding hydrogens is 240 g/mol. The number of aromatic nitrogens is 2. The number of nitrogens with zero attached hydrogens (tertiary/aromatic N) is 2. The first-order valence-corrected chi connectivity index (χ1v) is 6.47. The van der Waals surface area contributed by atoms with Crippen molar-refractivity contribution in [2.75, 3.05) is 12.4 Å². The largest absolute Gasteiger partial charge is 0.478 e. The highest BCUT2D eigenvalue weighted by Crippen LogP contribution is 2.39. The second-order valence-electron chi connectivity index (χ2n) is 4.00. The van der Waals surface area contributed by atoms with E-state index in [4.69, 9.17) is 10.2 Å². The molecule has 0 atom stereocenters. The minimum atomic E-state index is -1.01. The zero-order chi connectivity index (χ0) is 12.4. The van der Waals surface area contributed by atoms with Crippen LogP contribution in [0.1, 0.15) is 40.6 Å². The van der Waals surface area contributed by atoms with Crippen molar-refractivity contribution >= 4 is 17.7 Å². The number of aryl methyl sites for hydroxylation is 1. The zero-order valence-corrected chi connectivity index (χ0v) is 10.3. The van der Waals surface area contributed by atoms with Crippen molar-refractivity contribution in [2.24, 2.45) is 0 Å². The lowest BCUT2D eigenvalue weighted by Crippen LogP contribution is -2.09. The lowest BCUT2D eigenvalue weighted by atomic mass is 10.2. The summed E-state index contributed by atoms with van der Waals surface area (Å²) >= 11 is 1.27. The van der Waals surface area contributed by atoms with Gasteiger partial charge in [0.05, 0.1) is 12.3 Å². The number of hydrogen-bond acceptors (Lipinski definition) is 5. The van der Waals surface area contributed by atoms with Crippen LogP contribution in [0.5, 0.6) is 0 Å². The van der Waals surface area contributed by atoms with Gasteiger partial charge in [-0.05, 0) is 19.8 Å². The Kier molecular flexibility index (Phi) is 3.63. The van der Waals surface area contributed by atoms with E-state index in [1.807, 2.05) is 0 Å². The van der Waals surface area contributed by atoms with E-state index in [0.29, 0.717) is 22.4 Å². The van der Waals surface area contributed by atoms with Gasteiger partial charge in [-0.15, -0.1) is 11.8 Å². The van der Waals surface area contributed by atoms with Crippen molar-refractivity contribution in [3.05, 3.63) is 17.1 Å². The van der Waals surface area contributed by atoms with E-state index in [-0.39, 0.29) is 12.2 Å². The van der Waals surface area contributed by atoms with Gasteiger partial charge < -0.3 is 10.2 Å². The molecule has 2 N–H and O–H groups in total. The molecule has 6 heteroatoms. The summed E-state index contributed by atoms with van der Waals surface area (Å²) in [7, 11) is 0. The fraction of sp³-hybridized carbons (Fsp3) is 0.545. The maximum absolute atomic E-state index is 11.1. The average Bonchev–Trinajstić information content (AvgIpc) is 3.08. The molecule has 2 rings (SSSR count). The van der Waals surface area contributed by atoms with E-state index in [9.17, 15) is 4.79 Å². The van der Waals surface area contributed by atoms with E-state index in [1.165, 1.54) is 11.8 Å². The minimum Gasteiger partial charge on any atom is -0.478 e. The Labute approximate surface area is 103 Å². The van der Waals surface area contributed by atoms with Gasteiger partial charge in [0, 0.05) is 11.7 Å². The molecule has 92 valence electrons. The second-order valence-corrected chi connectivity index (χ2v) is 5.08. The molecule has 5 nitrogen and oxygen atoms in total. The van der Waals surface area contributed by atoms with Crippen LogP contribution in [0, 0.1) is 6.92 Å². The molecule has 1 heterocycles. The number of aromatic carboxylic acids is 1. The normalized spacial score (nSPS) is 14.9. The third kappa shape index (κ3) is 2.76. The number of carboxylic acids is 1. The predicted molar refractivity (Wildman–Crippen MR) is 63.5 cm³/mol. The van der Waals surface area contributed by atoms with Crippen molar-refractivity contribution in [2.45, 2.75) is 30.7 Å². The number of carbonyl (C=O) groups is 1. The number of aliphatic hydroxyl groups is 1. The SMILES string of the molecule is Cc1nc(C2CC2)nc(SCCO)c1C(=O)O. The highest BCUT2D eigenvalue weighted by atomic mass is 32.2. The van der Waals surface area contributed by atoms with Gasteiger partial charge in [-0.2, -0.15) is 0 Å². The lowest BCUT2D eigenvalue weighted by Gasteiger charge is -2.09. The lowest BCUT2D eigenvalue weighted by molar-refractivity contribution is 0.0690. The van der Waals surface area contributed by atoms with Crippen LogP contribution in [-0.4, -0.2) is 38.5 Å². The summed E-state index contributed by atoms with van der Waals surface area (Å²) in [6, 6.07) is 0. The van der Waals surface area contributed by atoms with Crippen molar-refractivity contribution in [3.8, 4) is 0 Å². The predicted octanol–water partition coefficient (Wildman–Crippen LogP) is 1.45. The topological polar surface area (TPSA) is 83.3 Å². The fourth-order valence-corrected chi connectivity index (χ4v) is 2.41. The first kappa shape index (κ1) is 12.3. The summed E-state index contributed by atoms with van der Waals surface area (Å²) in [6.45, 7) is 1.70. The molecule has 0 aliphatic heterocycles. The van der Waals surface area contributed by atoms with Gasteiger partial charge in [0.25, 0.3) is 0 Å². The van der Waals surface area contributed by atoms with Gasteiger partial charge in [0.15, 0.2) is 0 Å². The first-order valence-electron chi connectivity index (χ1n) is 5.49. The Bertz CT molecular complexity index is 447. The molecule has 1 aromatic rings. The van der Waals surface area contributed by atoms with Crippen LogP contribution < -0.4 is 0 Å². The molecule has 0 aromatic carbocycles. The quantitative estimate of drug-likeness (QED) is 0.611. The Balaban J connectivity index is 2.38. The Morgan fingerprint density at radius 2 is 2.18 bits per heavy atom. The second kappa shape index (κ2) is 5.01. The van der Waals surface area contributed by atoms with Gasteiger partial charge in [-0.1, -0.05) is 0 Å². The summed E-state index contributed by atoms with van der Waals surface area (Å²) in [5.74, 6) is 0.573. The molecular formula is C11H14N2O3S. The average molecular weight is 254 g/mol. The summed E-state index contributed by atoms with van der Waals surface area (Å²) < 4.78 is 0. The van der Waals surface area contributed by atoms with E-state index in [1.54, 1.807) is 6.92 Å². The molecule has 1 aromatic heterocycles. The minimum absolute atomic E-state index is 0.00549. The molecule has 0 unspecified atom stereocenters. The molecule has 0 amide bonds. The maximum atomic E-state index is 11.1. The zero-order valence-electron chi connectivity index (χ0n) is 9.51. The summed E-state index contributed by atoms with van der Waals surface area (Å²) in [5, 5.41) is 18.4.